The Labute approximate surface area is 86.4 Å². The van der Waals surface area contributed by atoms with Crippen LogP contribution in [-0.2, 0) is 5.41 Å². The number of fused-ring (bicyclic) bond motifs is 1. The van der Waals surface area contributed by atoms with Gasteiger partial charge >= 0.3 is 0 Å². The fraction of sp³-hybridized carbons (Fsp3) is 0.400. The molecule has 2 aromatic rings. The number of aromatic amines is 1. The van der Waals surface area contributed by atoms with Crippen LogP contribution in [0.25, 0.3) is 5.65 Å². The quantitative estimate of drug-likeness (QED) is 0.677. The molecule has 0 saturated heterocycles. The van der Waals surface area contributed by atoms with Crippen LogP contribution in [0.4, 0.5) is 0 Å². The molecule has 5 heteroatoms. The van der Waals surface area contributed by atoms with Crippen molar-refractivity contribution in [3.8, 4) is 5.88 Å². The van der Waals surface area contributed by atoms with Crippen molar-refractivity contribution < 1.29 is 5.11 Å². The van der Waals surface area contributed by atoms with Crippen molar-refractivity contribution in [2.75, 3.05) is 0 Å². The third-order valence-electron chi connectivity index (χ3n) is 2.21. The number of nitrogens with zero attached hydrogens (tertiary/aromatic N) is 2. The maximum atomic E-state index is 11.1. The highest BCUT2D eigenvalue weighted by atomic mass is 16.3. The van der Waals surface area contributed by atoms with Crippen LogP contribution >= 0.6 is 0 Å². The summed E-state index contributed by atoms with van der Waals surface area (Å²) in [4.78, 5) is 13.7. The zero-order chi connectivity index (χ0) is 11.2. The molecular formula is C10H13N3O2. The molecule has 0 saturated carbocycles. The van der Waals surface area contributed by atoms with Gasteiger partial charge in [0.1, 0.15) is 5.65 Å². The first-order valence-electron chi connectivity index (χ1n) is 4.70. The molecule has 2 aromatic heterocycles. The molecule has 0 amide bonds. The number of nitrogens with one attached hydrogen (secondary N) is 1. The van der Waals surface area contributed by atoms with Gasteiger partial charge in [-0.05, 0) is 0 Å². The lowest BCUT2D eigenvalue weighted by Gasteiger charge is -2.13. The summed E-state index contributed by atoms with van der Waals surface area (Å²) >= 11 is 0. The van der Waals surface area contributed by atoms with Gasteiger partial charge < -0.3 is 10.1 Å². The highest BCUT2D eigenvalue weighted by molar-refractivity contribution is 5.42. The van der Waals surface area contributed by atoms with Crippen molar-refractivity contribution >= 4 is 5.65 Å². The molecule has 0 aliphatic rings. The number of H-pyrrole nitrogens is 1. The smallest absolute Gasteiger partial charge is 0.254 e. The van der Waals surface area contributed by atoms with E-state index < -0.39 is 0 Å². The van der Waals surface area contributed by atoms with Gasteiger partial charge in [0, 0.05) is 11.5 Å². The van der Waals surface area contributed by atoms with Crippen LogP contribution in [0.3, 0.4) is 0 Å². The first kappa shape index (κ1) is 9.76. The molecule has 0 aromatic carbocycles. The average molecular weight is 207 g/mol. The van der Waals surface area contributed by atoms with E-state index in [1.807, 2.05) is 20.8 Å². The number of aromatic hydroxyl groups is 1. The molecule has 15 heavy (non-hydrogen) atoms. The minimum absolute atomic E-state index is 0.116. The fourth-order valence-corrected chi connectivity index (χ4v) is 1.35. The fourth-order valence-electron chi connectivity index (χ4n) is 1.35. The van der Waals surface area contributed by atoms with Gasteiger partial charge in [-0.2, -0.15) is 9.61 Å². The van der Waals surface area contributed by atoms with Gasteiger partial charge in [0.25, 0.3) is 5.56 Å². The molecule has 0 atom stereocenters. The van der Waals surface area contributed by atoms with Crippen molar-refractivity contribution in [1.29, 1.82) is 0 Å². The highest BCUT2D eigenvalue weighted by Crippen LogP contribution is 2.22. The van der Waals surface area contributed by atoms with Crippen molar-refractivity contribution in [2.45, 2.75) is 26.2 Å². The van der Waals surface area contributed by atoms with E-state index in [1.54, 1.807) is 6.07 Å². The Bertz CT molecular complexity index is 560. The Balaban J connectivity index is 2.77. The monoisotopic (exact) mass is 207 g/mol. The Morgan fingerprint density at radius 1 is 1.40 bits per heavy atom. The van der Waals surface area contributed by atoms with E-state index in [2.05, 4.69) is 10.1 Å². The van der Waals surface area contributed by atoms with Gasteiger partial charge in [0.15, 0.2) is 0 Å². The van der Waals surface area contributed by atoms with Crippen molar-refractivity contribution in [3.63, 3.8) is 0 Å². The van der Waals surface area contributed by atoms with Crippen LogP contribution in [-0.4, -0.2) is 19.7 Å². The van der Waals surface area contributed by atoms with Crippen LogP contribution in [0.2, 0.25) is 0 Å². The van der Waals surface area contributed by atoms with E-state index in [0.29, 0.717) is 5.65 Å². The van der Waals surface area contributed by atoms with Crippen LogP contribution in [0, 0.1) is 0 Å². The van der Waals surface area contributed by atoms with Gasteiger partial charge in [-0.1, -0.05) is 20.8 Å². The zero-order valence-corrected chi connectivity index (χ0v) is 8.90. The maximum Gasteiger partial charge on any atom is 0.254 e. The van der Waals surface area contributed by atoms with Gasteiger partial charge in [0.2, 0.25) is 5.88 Å². The summed E-state index contributed by atoms with van der Waals surface area (Å²) in [7, 11) is 0. The lowest BCUT2D eigenvalue weighted by atomic mass is 9.93. The summed E-state index contributed by atoms with van der Waals surface area (Å²) in [5.74, 6) is -0.149. The molecule has 2 rings (SSSR count). The first-order valence-corrected chi connectivity index (χ1v) is 4.70. The summed E-state index contributed by atoms with van der Waals surface area (Å²) in [6, 6.07) is 2.87. The predicted octanol–water partition coefficient (Wildman–Crippen LogP) is 1.03. The molecule has 0 aliphatic heterocycles. The second-order valence-corrected chi connectivity index (χ2v) is 4.57. The molecule has 80 valence electrons. The number of aromatic nitrogens is 3. The molecule has 0 fully saturated rings. The predicted molar refractivity (Wildman–Crippen MR) is 56.2 cm³/mol. The lowest BCUT2D eigenvalue weighted by molar-refractivity contribution is 0.431. The third kappa shape index (κ3) is 1.60. The van der Waals surface area contributed by atoms with Gasteiger partial charge in [-0.3, -0.25) is 4.79 Å². The van der Waals surface area contributed by atoms with Crippen LogP contribution in [0.15, 0.2) is 16.9 Å². The van der Waals surface area contributed by atoms with Crippen molar-refractivity contribution in [2.24, 2.45) is 0 Å². The molecule has 0 spiro atoms. The summed E-state index contributed by atoms with van der Waals surface area (Å²) in [6.45, 7) is 6.05. The van der Waals surface area contributed by atoms with E-state index in [0.717, 1.165) is 11.8 Å². The molecule has 2 heterocycles. The molecule has 2 N–H and O–H groups in total. The number of hydrogen-bond donors (Lipinski definition) is 2. The van der Waals surface area contributed by atoms with E-state index in [-0.39, 0.29) is 16.9 Å². The zero-order valence-electron chi connectivity index (χ0n) is 8.90. The first-order chi connectivity index (χ1) is 6.88. The topological polar surface area (TPSA) is 70.4 Å². The van der Waals surface area contributed by atoms with Crippen LogP contribution in [0.1, 0.15) is 26.5 Å². The van der Waals surface area contributed by atoms with Gasteiger partial charge in [-0.15, -0.1) is 0 Å². The molecule has 5 nitrogen and oxygen atoms in total. The van der Waals surface area contributed by atoms with E-state index in [1.165, 1.54) is 4.52 Å². The minimum Gasteiger partial charge on any atom is -0.493 e. The molecule has 0 aliphatic carbocycles. The summed E-state index contributed by atoms with van der Waals surface area (Å²) in [5.41, 5.74) is 0.875. The Morgan fingerprint density at radius 3 is 2.67 bits per heavy atom. The second-order valence-electron chi connectivity index (χ2n) is 4.57. The van der Waals surface area contributed by atoms with E-state index in [4.69, 9.17) is 0 Å². The Hall–Kier alpha value is -1.78. The van der Waals surface area contributed by atoms with Crippen LogP contribution < -0.4 is 5.56 Å². The number of rotatable bonds is 0. The standard InChI is InChI=1S/C10H13N3O2/c1-10(2,3)6-4-7-11-8(14)5-9(15)13(7)12-6/h4-5,15H,1-3H3,(H,11,14). The molecular weight excluding hydrogens is 194 g/mol. The molecule has 0 radical (unpaired) electrons. The van der Waals surface area contributed by atoms with E-state index >= 15 is 0 Å². The van der Waals surface area contributed by atoms with Gasteiger partial charge in [0.05, 0.1) is 11.8 Å². The molecule has 0 bridgehead atoms. The largest absolute Gasteiger partial charge is 0.493 e. The SMILES string of the molecule is CC(C)(C)c1cc2[nH]c(=O)cc(O)n2n1. The van der Waals surface area contributed by atoms with Crippen LogP contribution in [0.5, 0.6) is 5.88 Å². The number of hydrogen-bond acceptors (Lipinski definition) is 3. The normalized spacial score (nSPS) is 12.2. The second kappa shape index (κ2) is 2.85. The Kier molecular flexibility index (Phi) is 1.86. The maximum absolute atomic E-state index is 11.1. The summed E-state index contributed by atoms with van der Waals surface area (Å²) < 4.78 is 1.32. The van der Waals surface area contributed by atoms with Crippen molar-refractivity contribution in [3.05, 3.63) is 28.2 Å². The lowest BCUT2D eigenvalue weighted by Crippen LogP contribution is -2.12. The highest BCUT2D eigenvalue weighted by Gasteiger charge is 2.18. The van der Waals surface area contributed by atoms with Gasteiger partial charge in [-0.25, -0.2) is 0 Å². The summed E-state index contributed by atoms with van der Waals surface area (Å²) in [5, 5.41) is 13.7. The summed E-state index contributed by atoms with van der Waals surface area (Å²) in [6.07, 6.45) is 0. The average Bonchev–Trinajstić information content (AvgIpc) is 2.46. The minimum atomic E-state index is -0.333. The molecule has 0 unspecified atom stereocenters. The Morgan fingerprint density at radius 2 is 2.07 bits per heavy atom. The van der Waals surface area contributed by atoms with Crippen molar-refractivity contribution in [1.82, 2.24) is 14.6 Å². The third-order valence-corrected chi connectivity index (χ3v) is 2.21. The van der Waals surface area contributed by atoms with E-state index in [9.17, 15) is 9.90 Å².